The van der Waals surface area contributed by atoms with E-state index in [9.17, 15) is 14.7 Å². The van der Waals surface area contributed by atoms with E-state index >= 15 is 0 Å². The molecule has 0 saturated carbocycles. The number of hydrogen-bond acceptors (Lipinski definition) is 6. The maximum Gasteiger partial charge on any atom is 0.348 e. The van der Waals surface area contributed by atoms with Crippen LogP contribution in [0, 0.1) is 0 Å². The van der Waals surface area contributed by atoms with E-state index in [1.807, 2.05) is 0 Å². The van der Waals surface area contributed by atoms with Gasteiger partial charge in [-0.3, -0.25) is 4.98 Å². The molecule has 7 heteroatoms. The number of thiophene rings is 1. The second-order valence-electron chi connectivity index (χ2n) is 3.15. The monoisotopic (exact) mass is 253 g/mol. The van der Waals surface area contributed by atoms with Gasteiger partial charge in [0, 0.05) is 11.6 Å². The van der Waals surface area contributed by atoms with Gasteiger partial charge in [-0.1, -0.05) is 11.3 Å². The first kappa shape index (κ1) is 11.3. The van der Waals surface area contributed by atoms with Crippen LogP contribution >= 0.6 is 11.3 Å². The molecule has 0 aliphatic rings. The van der Waals surface area contributed by atoms with Crippen molar-refractivity contribution in [3.05, 3.63) is 22.7 Å². The predicted molar refractivity (Wildman–Crippen MR) is 59.6 cm³/mol. The van der Waals surface area contributed by atoms with Crippen LogP contribution in [0.5, 0.6) is 5.06 Å². The van der Waals surface area contributed by atoms with E-state index in [1.165, 1.54) is 13.2 Å². The van der Waals surface area contributed by atoms with Gasteiger partial charge in [-0.15, -0.1) is 0 Å². The summed E-state index contributed by atoms with van der Waals surface area (Å²) in [4.78, 5) is 26.2. The lowest BCUT2D eigenvalue weighted by Crippen LogP contribution is -2.00. The van der Waals surface area contributed by atoms with Crippen LogP contribution in [0.25, 0.3) is 10.9 Å². The Morgan fingerprint density at radius 1 is 1.47 bits per heavy atom. The summed E-state index contributed by atoms with van der Waals surface area (Å²) < 4.78 is 4.54. The standard InChI is InChI=1S/C10H7NO5S/c1-16-9(14)7-5-2-4(8(12)13)3-11-6(5)10(15)17-7/h2-3,15H,1H3,(H,12,13). The number of carbonyl (C=O) groups is 2. The number of aromatic nitrogens is 1. The molecule has 2 heterocycles. The smallest absolute Gasteiger partial charge is 0.348 e. The number of aromatic carboxylic acids is 1. The second kappa shape index (κ2) is 4.02. The molecule has 2 N–H and O–H groups in total. The topological polar surface area (TPSA) is 96.7 Å². The summed E-state index contributed by atoms with van der Waals surface area (Å²) in [7, 11) is 1.21. The molecule has 0 unspecified atom stereocenters. The Morgan fingerprint density at radius 3 is 2.76 bits per heavy atom. The number of esters is 1. The van der Waals surface area contributed by atoms with Gasteiger partial charge >= 0.3 is 11.9 Å². The van der Waals surface area contributed by atoms with E-state index in [0.29, 0.717) is 0 Å². The number of carboxylic acid groups (broad SMARTS) is 1. The minimum absolute atomic E-state index is 0.0551. The van der Waals surface area contributed by atoms with Crippen LogP contribution in [0.3, 0.4) is 0 Å². The Labute approximate surface area is 99.1 Å². The molecule has 0 aliphatic carbocycles. The van der Waals surface area contributed by atoms with E-state index in [2.05, 4.69) is 9.72 Å². The number of hydrogen-bond donors (Lipinski definition) is 2. The molecule has 2 aromatic heterocycles. The normalized spacial score (nSPS) is 10.4. The number of methoxy groups -OCH3 is 1. The first-order chi connectivity index (χ1) is 8.04. The van der Waals surface area contributed by atoms with Crippen LogP contribution < -0.4 is 0 Å². The fourth-order valence-corrected chi connectivity index (χ4v) is 2.25. The highest BCUT2D eigenvalue weighted by atomic mass is 32.1. The zero-order valence-electron chi connectivity index (χ0n) is 8.63. The van der Waals surface area contributed by atoms with Crippen molar-refractivity contribution >= 4 is 34.2 Å². The third-order valence-electron chi connectivity index (χ3n) is 2.15. The first-order valence-corrected chi connectivity index (χ1v) is 5.29. The highest BCUT2D eigenvalue weighted by Crippen LogP contribution is 2.36. The zero-order valence-corrected chi connectivity index (χ0v) is 9.45. The molecule has 0 saturated heterocycles. The molecule has 2 aromatic rings. The molecule has 0 atom stereocenters. The molecule has 17 heavy (non-hydrogen) atoms. The van der Waals surface area contributed by atoms with E-state index in [0.717, 1.165) is 17.5 Å². The van der Waals surface area contributed by atoms with Crippen molar-refractivity contribution in [1.82, 2.24) is 4.98 Å². The van der Waals surface area contributed by atoms with Crippen LogP contribution in [-0.2, 0) is 4.74 Å². The highest BCUT2D eigenvalue weighted by molar-refractivity contribution is 7.17. The van der Waals surface area contributed by atoms with Crippen LogP contribution in [0.15, 0.2) is 12.3 Å². The quantitative estimate of drug-likeness (QED) is 0.787. The summed E-state index contributed by atoms with van der Waals surface area (Å²) in [5.41, 5.74) is 0.140. The van der Waals surface area contributed by atoms with Gasteiger partial charge in [0.15, 0.2) is 5.06 Å². The Kier molecular flexibility index (Phi) is 2.68. The Balaban J connectivity index is 2.73. The Bertz CT molecular complexity index is 618. The Hall–Kier alpha value is -2.15. The van der Waals surface area contributed by atoms with Crippen molar-refractivity contribution in [2.75, 3.05) is 7.11 Å². The average Bonchev–Trinajstić information content (AvgIpc) is 2.65. The number of carbonyl (C=O) groups excluding carboxylic acids is 1. The van der Waals surface area contributed by atoms with E-state index < -0.39 is 11.9 Å². The summed E-state index contributed by atoms with van der Waals surface area (Å²) in [6.07, 6.45) is 1.12. The fraction of sp³-hybridized carbons (Fsp3) is 0.100. The average molecular weight is 253 g/mol. The van der Waals surface area contributed by atoms with Gasteiger partial charge in [0.2, 0.25) is 0 Å². The van der Waals surface area contributed by atoms with Gasteiger partial charge < -0.3 is 14.9 Å². The van der Waals surface area contributed by atoms with Crippen molar-refractivity contribution in [3.63, 3.8) is 0 Å². The van der Waals surface area contributed by atoms with E-state index in [-0.39, 0.29) is 26.4 Å². The fourth-order valence-electron chi connectivity index (χ4n) is 1.37. The van der Waals surface area contributed by atoms with Crippen molar-refractivity contribution in [1.29, 1.82) is 0 Å². The lowest BCUT2D eigenvalue weighted by molar-refractivity contribution is 0.0606. The highest BCUT2D eigenvalue weighted by Gasteiger charge is 2.19. The number of pyridine rings is 1. The van der Waals surface area contributed by atoms with Crippen LogP contribution in [-0.4, -0.2) is 34.2 Å². The number of aromatic hydroxyl groups is 1. The van der Waals surface area contributed by atoms with Gasteiger partial charge in [-0.25, -0.2) is 9.59 Å². The molecule has 88 valence electrons. The van der Waals surface area contributed by atoms with E-state index in [1.54, 1.807) is 0 Å². The zero-order chi connectivity index (χ0) is 12.6. The summed E-state index contributed by atoms with van der Waals surface area (Å²) in [5, 5.41) is 18.5. The van der Waals surface area contributed by atoms with E-state index in [4.69, 9.17) is 5.11 Å². The molecule has 0 bridgehead atoms. The van der Waals surface area contributed by atoms with Gasteiger partial charge in [0.25, 0.3) is 0 Å². The molecule has 2 rings (SSSR count). The minimum Gasteiger partial charge on any atom is -0.498 e. The second-order valence-corrected chi connectivity index (χ2v) is 4.15. The number of carboxylic acids is 1. The van der Waals surface area contributed by atoms with Crippen molar-refractivity contribution < 1.29 is 24.5 Å². The third kappa shape index (κ3) is 1.80. The largest absolute Gasteiger partial charge is 0.498 e. The summed E-state index contributed by atoms with van der Waals surface area (Å²) in [6, 6.07) is 1.28. The molecule has 0 amide bonds. The molecule has 0 aromatic carbocycles. The molecule has 0 radical (unpaired) electrons. The lowest BCUT2D eigenvalue weighted by Gasteiger charge is -1.97. The number of nitrogens with zero attached hydrogens (tertiary/aromatic N) is 1. The molecular weight excluding hydrogens is 246 g/mol. The number of fused-ring (bicyclic) bond motifs is 1. The van der Waals surface area contributed by atoms with Gasteiger partial charge in [-0.05, 0) is 6.07 Å². The number of rotatable bonds is 2. The van der Waals surface area contributed by atoms with Crippen LogP contribution in [0.4, 0.5) is 0 Å². The van der Waals surface area contributed by atoms with Crippen LogP contribution in [0.1, 0.15) is 20.0 Å². The Morgan fingerprint density at radius 2 is 2.18 bits per heavy atom. The molecule has 6 nitrogen and oxygen atoms in total. The minimum atomic E-state index is -1.15. The first-order valence-electron chi connectivity index (χ1n) is 4.47. The van der Waals surface area contributed by atoms with Gasteiger partial charge in [-0.2, -0.15) is 0 Å². The van der Waals surface area contributed by atoms with Gasteiger partial charge in [0.1, 0.15) is 10.4 Å². The maximum atomic E-state index is 11.4. The molecule has 0 spiro atoms. The maximum absolute atomic E-state index is 11.4. The van der Waals surface area contributed by atoms with Crippen molar-refractivity contribution in [2.45, 2.75) is 0 Å². The number of ether oxygens (including phenoxy) is 1. The summed E-state index contributed by atoms with van der Waals surface area (Å²) in [5.74, 6) is -1.79. The molecular formula is C10H7NO5S. The van der Waals surface area contributed by atoms with Gasteiger partial charge in [0.05, 0.1) is 12.7 Å². The van der Waals surface area contributed by atoms with Crippen molar-refractivity contribution in [3.8, 4) is 5.06 Å². The van der Waals surface area contributed by atoms with Crippen molar-refractivity contribution in [2.24, 2.45) is 0 Å². The summed E-state index contributed by atoms with van der Waals surface area (Å²) in [6.45, 7) is 0. The predicted octanol–water partition coefficient (Wildman–Crippen LogP) is 1.49. The third-order valence-corrected chi connectivity index (χ3v) is 3.13. The lowest BCUT2D eigenvalue weighted by atomic mass is 10.2. The van der Waals surface area contributed by atoms with Crippen LogP contribution in [0.2, 0.25) is 0 Å². The summed E-state index contributed by atoms with van der Waals surface area (Å²) >= 11 is 0.806. The SMILES string of the molecule is COC(=O)c1sc(O)c2ncc(C(=O)O)cc12. The molecule has 0 aliphatic heterocycles. The molecule has 0 fully saturated rings.